The van der Waals surface area contributed by atoms with E-state index in [-0.39, 0.29) is 17.9 Å². The third-order valence-electron chi connectivity index (χ3n) is 7.58. The van der Waals surface area contributed by atoms with Crippen molar-refractivity contribution in [1.82, 2.24) is 0 Å². The monoisotopic (exact) mass is 616 g/mol. The summed E-state index contributed by atoms with van der Waals surface area (Å²) in [7, 11) is 0. The molecule has 0 aliphatic heterocycles. The van der Waals surface area contributed by atoms with Crippen LogP contribution < -0.4 is 4.74 Å². The van der Waals surface area contributed by atoms with Gasteiger partial charge >= 0.3 is 11.9 Å². The van der Waals surface area contributed by atoms with Crippen molar-refractivity contribution in [3.8, 4) is 5.75 Å². The summed E-state index contributed by atoms with van der Waals surface area (Å²) >= 11 is 0. The van der Waals surface area contributed by atoms with Crippen LogP contribution in [0.5, 0.6) is 5.75 Å². The Balaban J connectivity index is 1.40. The Bertz CT molecular complexity index is 1550. The number of rotatable bonds is 17. The lowest BCUT2D eigenvalue weighted by Crippen LogP contribution is -2.06. The molecule has 1 atom stereocenters. The van der Waals surface area contributed by atoms with Crippen molar-refractivity contribution in [3.05, 3.63) is 143 Å². The van der Waals surface area contributed by atoms with E-state index in [1.807, 2.05) is 67.6 Å². The second kappa shape index (κ2) is 18.8. The molecule has 46 heavy (non-hydrogen) atoms. The van der Waals surface area contributed by atoms with Crippen LogP contribution in [0, 0.1) is 5.92 Å². The van der Waals surface area contributed by atoms with E-state index < -0.39 is 0 Å². The van der Waals surface area contributed by atoms with Crippen LogP contribution in [-0.4, -0.2) is 25.2 Å². The Labute approximate surface area is 273 Å². The van der Waals surface area contributed by atoms with Gasteiger partial charge in [0.2, 0.25) is 0 Å². The summed E-state index contributed by atoms with van der Waals surface area (Å²) in [4.78, 5) is 23.9. The SMILES string of the molecule is CCOC(=O)CCCCC(/C=C/c1ccccc1OCc1ccc(/C=C/c2ccccc2)cc1)Cc1ccc(C(=O)OCC)cc1. The van der Waals surface area contributed by atoms with E-state index in [0.717, 1.165) is 53.7 Å². The molecule has 5 nitrogen and oxygen atoms in total. The standard InChI is InChI=1S/C41H44O5/c1-3-44-40(42)17-11-8-14-34(30-35-25-28-38(29-26-35)41(43)45-4-2)24-27-37-15-9-10-16-39(37)46-31-36-22-20-33(21-23-36)19-18-32-12-6-5-7-13-32/h5-7,9-10,12-13,15-16,18-29,34H,3-4,8,11,14,17,30-31H2,1-2H3/b19-18+,27-24+. The number of carbonyl (C=O) groups is 2. The molecule has 4 aromatic carbocycles. The Morgan fingerprint density at radius 2 is 1.33 bits per heavy atom. The third kappa shape index (κ3) is 11.6. The average Bonchev–Trinajstić information content (AvgIpc) is 3.09. The number of ether oxygens (including phenoxy) is 3. The lowest BCUT2D eigenvalue weighted by atomic mass is 9.92. The highest BCUT2D eigenvalue weighted by Crippen LogP contribution is 2.25. The second-order valence-corrected chi connectivity index (χ2v) is 11.1. The molecule has 0 saturated carbocycles. The molecule has 0 aliphatic carbocycles. The Morgan fingerprint density at radius 3 is 2.04 bits per heavy atom. The Hall–Kier alpha value is -4.90. The molecule has 0 heterocycles. The van der Waals surface area contributed by atoms with Crippen LogP contribution in [0.1, 0.15) is 77.7 Å². The van der Waals surface area contributed by atoms with Gasteiger partial charge in [0, 0.05) is 12.0 Å². The molecule has 0 spiro atoms. The zero-order chi connectivity index (χ0) is 32.4. The lowest BCUT2D eigenvalue weighted by molar-refractivity contribution is -0.143. The summed E-state index contributed by atoms with van der Waals surface area (Å²) in [6.07, 6.45) is 12.4. The highest BCUT2D eigenvalue weighted by Gasteiger charge is 2.11. The topological polar surface area (TPSA) is 61.8 Å². The molecule has 0 amide bonds. The van der Waals surface area contributed by atoms with Crippen LogP contribution in [0.3, 0.4) is 0 Å². The van der Waals surface area contributed by atoms with Gasteiger partial charge in [0.25, 0.3) is 0 Å². The van der Waals surface area contributed by atoms with Crippen molar-refractivity contribution in [2.45, 2.75) is 52.6 Å². The minimum Gasteiger partial charge on any atom is -0.488 e. The third-order valence-corrected chi connectivity index (χ3v) is 7.58. The summed E-state index contributed by atoms with van der Waals surface area (Å²) < 4.78 is 16.5. The molecule has 5 heteroatoms. The molecule has 0 N–H and O–H groups in total. The predicted octanol–water partition coefficient (Wildman–Crippen LogP) is 9.61. The first-order valence-electron chi connectivity index (χ1n) is 16.2. The number of para-hydroxylation sites is 1. The van der Waals surface area contributed by atoms with E-state index >= 15 is 0 Å². The van der Waals surface area contributed by atoms with E-state index in [2.05, 4.69) is 66.8 Å². The van der Waals surface area contributed by atoms with E-state index in [1.54, 1.807) is 6.92 Å². The number of unbranched alkanes of at least 4 members (excludes halogenated alkanes) is 1. The molecular formula is C41H44O5. The van der Waals surface area contributed by atoms with Gasteiger partial charge in [-0.05, 0) is 79.5 Å². The molecule has 0 aliphatic rings. The largest absolute Gasteiger partial charge is 0.488 e. The lowest BCUT2D eigenvalue weighted by Gasteiger charge is -2.14. The maximum atomic E-state index is 12.1. The first kappa shape index (κ1) is 34.0. The van der Waals surface area contributed by atoms with Crippen LogP contribution in [0.4, 0.5) is 0 Å². The van der Waals surface area contributed by atoms with Crippen molar-refractivity contribution in [3.63, 3.8) is 0 Å². The molecule has 0 saturated heterocycles. The quantitative estimate of drug-likeness (QED) is 0.0672. The molecule has 0 radical (unpaired) electrons. The fourth-order valence-corrected chi connectivity index (χ4v) is 5.10. The van der Waals surface area contributed by atoms with Crippen molar-refractivity contribution >= 4 is 30.2 Å². The maximum absolute atomic E-state index is 12.1. The van der Waals surface area contributed by atoms with Crippen LogP contribution in [0.25, 0.3) is 18.2 Å². The molecule has 1 unspecified atom stereocenters. The highest BCUT2D eigenvalue weighted by molar-refractivity contribution is 5.89. The zero-order valence-electron chi connectivity index (χ0n) is 26.9. The zero-order valence-corrected chi connectivity index (χ0v) is 26.9. The van der Waals surface area contributed by atoms with Gasteiger partial charge in [0.05, 0.1) is 18.8 Å². The molecule has 0 aromatic heterocycles. The normalized spacial score (nSPS) is 11.9. The van der Waals surface area contributed by atoms with Gasteiger partial charge in [0.15, 0.2) is 0 Å². The molecule has 4 rings (SSSR count). The number of esters is 2. The number of allylic oxidation sites excluding steroid dienone is 1. The first-order valence-corrected chi connectivity index (χ1v) is 16.2. The average molecular weight is 617 g/mol. The Kier molecular flexibility index (Phi) is 13.9. The van der Waals surface area contributed by atoms with Crippen LogP contribution >= 0.6 is 0 Å². The predicted molar refractivity (Wildman–Crippen MR) is 186 cm³/mol. The molecular weight excluding hydrogens is 572 g/mol. The minimum absolute atomic E-state index is 0.145. The maximum Gasteiger partial charge on any atom is 0.338 e. The van der Waals surface area contributed by atoms with Crippen molar-refractivity contribution in [2.75, 3.05) is 13.2 Å². The van der Waals surface area contributed by atoms with Crippen LogP contribution in [0.15, 0.2) is 109 Å². The first-order chi connectivity index (χ1) is 22.5. The summed E-state index contributed by atoms with van der Waals surface area (Å²) in [5.74, 6) is 0.609. The van der Waals surface area contributed by atoms with Gasteiger partial charge in [-0.3, -0.25) is 4.79 Å². The molecule has 0 bridgehead atoms. The van der Waals surface area contributed by atoms with Crippen molar-refractivity contribution < 1.29 is 23.8 Å². The van der Waals surface area contributed by atoms with Gasteiger partial charge in [-0.2, -0.15) is 0 Å². The summed E-state index contributed by atoms with van der Waals surface area (Å²) in [6.45, 7) is 4.86. The molecule has 4 aromatic rings. The smallest absolute Gasteiger partial charge is 0.338 e. The van der Waals surface area contributed by atoms with E-state index in [1.165, 1.54) is 5.56 Å². The van der Waals surface area contributed by atoms with E-state index in [4.69, 9.17) is 14.2 Å². The Morgan fingerprint density at radius 1 is 0.674 bits per heavy atom. The number of hydrogen-bond acceptors (Lipinski definition) is 5. The van der Waals surface area contributed by atoms with Gasteiger partial charge < -0.3 is 14.2 Å². The highest BCUT2D eigenvalue weighted by atomic mass is 16.5. The van der Waals surface area contributed by atoms with E-state index in [9.17, 15) is 9.59 Å². The van der Waals surface area contributed by atoms with Gasteiger partial charge in [-0.25, -0.2) is 4.79 Å². The minimum atomic E-state index is -0.308. The van der Waals surface area contributed by atoms with Crippen molar-refractivity contribution in [1.29, 1.82) is 0 Å². The van der Waals surface area contributed by atoms with E-state index in [0.29, 0.717) is 31.8 Å². The van der Waals surface area contributed by atoms with Crippen LogP contribution in [0.2, 0.25) is 0 Å². The summed E-state index contributed by atoms with van der Waals surface area (Å²) in [6, 6.07) is 34.4. The van der Waals surface area contributed by atoms with Gasteiger partial charge in [0.1, 0.15) is 12.4 Å². The molecule has 238 valence electrons. The fourth-order valence-electron chi connectivity index (χ4n) is 5.10. The van der Waals surface area contributed by atoms with Gasteiger partial charge in [-0.1, -0.05) is 116 Å². The number of carbonyl (C=O) groups excluding carboxylic acids is 2. The number of benzene rings is 4. The van der Waals surface area contributed by atoms with Crippen molar-refractivity contribution in [2.24, 2.45) is 5.92 Å². The number of hydrogen-bond donors (Lipinski definition) is 0. The summed E-state index contributed by atoms with van der Waals surface area (Å²) in [5, 5.41) is 0. The molecule has 0 fully saturated rings. The fraction of sp³-hybridized carbons (Fsp3) is 0.268. The van der Waals surface area contributed by atoms with Crippen LogP contribution in [-0.2, 0) is 27.3 Å². The van der Waals surface area contributed by atoms with Gasteiger partial charge in [-0.15, -0.1) is 0 Å². The summed E-state index contributed by atoms with van der Waals surface area (Å²) in [5.41, 5.74) is 6.11. The second-order valence-electron chi connectivity index (χ2n) is 11.1.